The molecule has 8 nitrogen and oxygen atoms in total. The van der Waals surface area contributed by atoms with E-state index < -0.39 is 52.9 Å². The summed E-state index contributed by atoms with van der Waals surface area (Å²) in [5, 5.41) is 12.3. The van der Waals surface area contributed by atoms with Gasteiger partial charge in [0.1, 0.15) is 11.6 Å². The molecule has 5 rings (SSSR count). The van der Waals surface area contributed by atoms with Gasteiger partial charge in [0.05, 0.1) is 25.2 Å². The molecular weight excluding hydrogens is 589 g/mol. The number of amides is 1. The summed E-state index contributed by atoms with van der Waals surface area (Å²) in [4.78, 5) is 28.5. The number of aliphatic carboxylic acids is 1. The van der Waals surface area contributed by atoms with Crippen molar-refractivity contribution in [2.45, 2.75) is 36.5 Å². The molecule has 3 fully saturated rings. The Morgan fingerprint density at radius 3 is 2.39 bits per heavy atom. The molecule has 3 saturated heterocycles. The van der Waals surface area contributed by atoms with E-state index in [0.717, 1.165) is 18.2 Å². The van der Waals surface area contributed by atoms with E-state index in [1.807, 2.05) is 0 Å². The normalized spacial score (nSPS) is 26.3. The number of nitrogens with one attached hydrogen (secondary N) is 1. The van der Waals surface area contributed by atoms with Crippen molar-refractivity contribution < 1.29 is 46.1 Å². The first-order chi connectivity index (χ1) is 20.9. The quantitative estimate of drug-likeness (QED) is 0.420. The number of anilines is 1. The summed E-state index contributed by atoms with van der Waals surface area (Å²) in [6, 6.07) is 7.54. The summed E-state index contributed by atoms with van der Waals surface area (Å²) in [6.45, 7) is 0.530. The number of hydrogen-bond donors (Lipinski definition) is 2. The number of piperidine rings is 1. The molecule has 0 aromatic heterocycles. The van der Waals surface area contributed by atoms with E-state index in [1.54, 1.807) is 4.90 Å². The summed E-state index contributed by atoms with van der Waals surface area (Å²) in [6.07, 6.45) is -4.04. The fourth-order valence-electron chi connectivity index (χ4n) is 6.89. The Kier molecular flexibility index (Phi) is 9.08. The van der Waals surface area contributed by atoms with Crippen LogP contribution in [-0.2, 0) is 20.5 Å². The van der Waals surface area contributed by atoms with E-state index in [1.165, 1.54) is 37.3 Å². The Labute approximate surface area is 252 Å². The van der Waals surface area contributed by atoms with Gasteiger partial charge in [-0.2, -0.15) is 13.2 Å². The molecule has 13 heteroatoms. The molecule has 3 aliphatic rings. The topological polar surface area (TPSA) is 91.3 Å². The zero-order valence-corrected chi connectivity index (χ0v) is 24.5. The van der Waals surface area contributed by atoms with Gasteiger partial charge >= 0.3 is 12.1 Å². The van der Waals surface area contributed by atoms with Gasteiger partial charge in [0.15, 0.2) is 0 Å². The molecular formula is C31H36F5N3O5. The molecule has 0 unspecified atom stereocenters. The zero-order valence-electron chi connectivity index (χ0n) is 24.5. The fourth-order valence-corrected chi connectivity index (χ4v) is 6.89. The minimum atomic E-state index is -4.60. The molecule has 0 bridgehead atoms. The Morgan fingerprint density at radius 2 is 1.77 bits per heavy atom. The van der Waals surface area contributed by atoms with Crippen LogP contribution in [0.15, 0.2) is 36.4 Å². The van der Waals surface area contributed by atoms with Crippen LogP contribution in [0.5, 0.6) is 5.75 Å². The Bertz CT molecular complexity index is 1380. The van der Waals surface area contributed by atoms with E-state index in [2.05, 4.69) is 5.32 Å². The van der Waals surface area contributed by atoms with E-state index in [-0.39, 0.29) is 75.9 Å². The molecule has 0 spiro atoms. The van der Waals surface area contributed by atoms with Crippen molar-refractivity contribution >= 4 is 17.6 Å². The van der Waals surface area contributed by atoms with Crippen LogP contribution in [0.2, 0.25) is 0 Å². The molecule has 2 aromatic carbocycles. The smallest absolute Gasteiger partial charge is 0.416 e. The van der Waals surface area contributed by atoms with Crippen molar-refractivity contribution in [2.24, 2.45) is 11.8 Å². The van der Waals surface area contributed by atoms with Crippen molar-refractivity contribution in [2.75, 3.05) is 65.0 Å². The zero-order chi connectivity index (χ0) is 31.8. The minimum absolute atomic E-state index is 0.0281. The van der Waals surface area contributed by atoms with Gasteiger partial charge in [0.25, 0.3) is 5.91 Å². The number of carbonyl (C=O) groups excluding carboxylic acids is 1. The molecule has 4 atom stereocenters. The lowest BCUT2D eigenvalue weighted by Gasteiger charge is -2.35. The van der Waals surface area contributed by atoms with E-state index in [0.29, 0.717) is 11.3 Å². The molecule has 3 aliphatic heterocycles. The number of ether oxygens (including phenoxy) is 2. The van der Waals surface area contributed by atoms with Crippen molar-refractivity contribution in [1.82, 2.24) is 10.2 Å². The second-order valence-electron chi connectivity index (χ2n) is 11.8. The number of rotatable bonds is 8. The molecule has 44 heavy (non-hydrogen) atoms. The van der Waals surface area contributed by atoms with Gasteiger partial charge < -0.3 is 29.7 Å². The number of methoxy groups -OCH3 is 2. The average molecular weight is 626 g/mol. The lowest BCUT2D eigenvalue weighted by atomic mass is 9.84. The third-order valence-corrected chi connectivity index (χ3v) is 9.27. The SMILES string of the molecule is COC[C@H]1CN(C(=O)[C@]2(F)CNC[C@H]2c2ccc(OC)cc2F)C[C@@H]1c1ccc(C(F)(F)F)cc1N1CCC(C(=O)O)CC1. The molecule has 0 radical (unpaired) electrons. The third kappa shape index (κ3) is 6.08. The van der Waals surface area contributed by atoms with Gasteiger partial charge in [-0.15, -0.1) is 0 Å². The van der Waals surface area contributed by atoms with Crippen LogP contribution in [0.1, 0.15) is 41.4 Å². The van der Waals surface area contributed by atoms with E-state index in [4.69, 9.17) is 9.47 Å². The van der Waals surface area contributed by atoms with Crippen LogP contribution in [-0.4, -0.2) is 87.6 Å². The predicted octanol–water partition coefficient (Wildman–Crippen LogP) is 4.44. The first kappa shape index (κ1) is 32.0. The highest BCUT2D eigenvalue weighted by Crippen LogP contribution is 2.45. The lowest BCUT2D eigenvalue weighted by molar-refractivity contribution is -0.143. The molecule has 2 aromatic rings. The molecule has 2 N–H and O–H groups in total. The standard InChI is InChI=1S/C31H36F5N3O5/c1-43-16-19-14-39(29(42)30(33)17-37-13-25(30)23-6-4-21(44-2)12-26(23)32)15-24(19)22-5-3-20(31(34,35)36)11-27(22)38-9-7-18(8-10-38)28(40)41/h3-6,11-12,18-19,24-25,37H,7-10,13-17H2,1-2H3,(H,40,41)/t19-,24+,25+,30+/m1/s1. The molecule has 0 aliphatic carbocycles. The second-order valence-corrected chi connectivity index (χ2v) is 11.8. The van der Waals surface area contributed by atoms with Gasteiger partial charge in [0, 0.05) is 75.9 Å². The monoisotopic (exact) mass is 625 g/mol. The molecule has 1 amide bonds. The van der Waals surface area contributed by atoms with E-state index in [9.17, 15) is 32.3 Å². The number of carboxylic acid groups (broad SMARTS) is 1. The number of hydrogen-bond acceptors (Lipinski definition) is 6. The van der Waals surface area contributed by atoms with Crippen molar-refractivity contribution in [3.05, 3.63) is 58.9 Å². The summed E-state index contributed by atoms with van der Waals surface area (Å²) in [7, 11) is 2.86. The molecule has 0 saturated carbocycles. The van der Waals surface area contributed by atoms with Gasteiger partial charge in [-0.25, -0.2) is 8.78 Å². The van der Waals surface area contributed by atoms with Crippen LogP contribution < -0.4 is 15.0 Å². The maximum absolute atomic E-state index is 16.7. The maximum Gasteiger partial charge on any atom is 0.416 e. The summed E-state index contributed by atoms with van der Waals surface area (Å²) >= 11 is 0. The average Bonchev–Trinajstić information content (AvgIpc) is 3.60. The fraction of sp³-hybridized carbons (Fsp3) is 0.548. The van der Waals surface area contributed by atoms with Crippen LogP contribution >= 0.6 is 0 Å². The number of likely N-dealkylation sites (tertiary alicyclic amines) is 1. The second kappa shape index (κ2) is 12.5. The summed E-state index contributed by atoms with van der Waals surface area (Å²) < 4.78 is 83.5. The van der Waals surface area contributed by atoms with Gasteiger partial charge in [-0.05, 0) is 42.2 Å². The highest BCUT2D eigenvalue weighted by atomic mass is 19.4. The van der Waals surface area contributed by atoms with Crippen LogP contribution in [0, 0.1) is 17.7 Å². The van der Waals surface area contributed by atoms with E-state index >= 15 is 4.39 Å². The third-order valence-electron chi connectivity index (χ3n) is 9.27. The van der Waals surface area contributed by atoms with Gasteiger partial charge in [0.2, 0.25) is 5.67 Å². The first-order valence-electron chi connectivity index (χ1n) is 14.6. The number of carboxylic acids is 1. The highest BCUT2D eigenvalue weighted by molar-refractivity contribution is 5.88. The van der Waals surface area contributed by atoms with Gasteiger partial charge in [-0.1, -0.05) is 12.1 Å². The van der Waals surface area contributed by atoms with Crippen molar-refractivity contribution in [3.63, 3.8) is 0 Å². The first-order valence-corrected chi connectivity index (χ1v) is 14.6. The summed E-state index contributed by atoms with van der Waals surface area (Å²) in [5.41, 5.74) is -2.37. The molecule has 3 heterocycles. The lowest BCUT2D eigenvalue weighted by Crippen LogP contribution is -2.49. The van der Waals surface area contributed by atoms with Gasteiger partial charge in [-0.3, -0.25) is 9.59 Å². The minimum Gasteiger partial charge on any atom is -0.497 e. The number of alkyl halides is 4. The van der Waals surface area contributed by atoms with Crippen LogP contribution in [0.3, 0.4) is 0 Å². The number of halogens is 5. The van der Waals surface area contributed by atoms with Crippen LogP contribution in [0.25, 0.3) is 0 Å². The van der Waals surface area contributed by atoms with Crippen LogP contribution in [0.4, 0.5) is 27.6 Å². The molecule has 240 valence electrons. The predicted molar refractivity (Wildman–Crippen MR) is 151 cm³/mol. The largest absolute Gasteiger partial charge is 0.497 e. The Hall–Kier alpha value is -3.45. The number of carbonyl (C=O) groups is 2. The summed E-state index contributed by atoms with van der Waals surface area (Å²) in [5.74, 6) is -4.70. The van der Waals surface area contributed by atoms with Crippen molar-refractivity contribution in [1.29, 1.82) is 0 Å². The Morgan fingerprint density at radius 1 is 1.07 bits per heavy atom. The number of nitrogens with zero attached hydrogens (tertiary/aromatic N) is 2. The maximum atomic E-state index is 16.7. The van der Waals surface area contributed by atoms with Crippen molar-refractivity contribution in [3.8, 4) is 5.75 Å². The number of benzene rings is 2. The Balaban J connectivity index is 1.45. The highest BCUT2D eigenvalue weighted by Gasteiger charge is 2.55.